The molecule has 1 saturated heterocycles. The maximum atomic E-state index is 12.7. The predicted octanol–water partition coefficient (Wildman–Crippen LogP) is 2.97. The highest BCUT2D eigenvalue weighted by molar-refractivity contribution is 5.92. The number of hydrogen-bond acceptors (Lipinski definition) is 5. The molecule has 0 bridgehead atoms. The van der Waals surface area contributed by atoms with Gasteiger partial charge in [0.15, 0.2) is 0 Å². The Labute approximate surface area is 165 Å². The molecule has 1 atom stereocenters. The minimum atomic E-state index is -0.200. The number of carbonyl (C=O) groups is 1. The third kappa shape index (κ3) is 3.61. The van der Waals surface area contributed by atoms with Crippen molar-refractivity contribution in [2.45, 2.75) is 43.7 Å². The monoisotopic (exact) mass is 378 g/mol. The molecular formula is C22H26N4O2. The second kappa shape index (κ2) is 7.17. The number of likely N-dealkylation sites (tertiary alicyclic amines) is 1. The quantitative estimate of drug-likeness (QED) is 0.886. The minimum Gasteiger partial charge on any atom is -0.487 e. The fourth-order valence-corrected chi connectivity index (χ4v) is 4.51. The number of carbonyl (C=O) groups excluding carboxylic acids is 1. The van der Waals surface area contributed by atoms with Gasteiger partial charge in [-0.3, -0.25) is 9.78 Å². The Kier molecular flexibility index (Phi) is 4.51. The molecule has 0 unspecified atom stereocenters. The van der Waals surface area contributed by atoms with Crippen LogP contribution in [0, 0.1) is 5.92 Å². The molecule has 6 heteroatoms. The number of amides is 1. The van der Waals surface area contributed by atoms with E-state index in [1.54, 1.807) is 12.4 Å². The van der Waals surface area contributed by atoms with E-state index >= 15 is 0 Å². The van der Waals surface area contributed by atoms with Crippen molar-refractivity contribution in [1.29, 1.82) is 0 Å². The zero-order valence-electron chi connectivity index (χ0n) is 16.0. The van der Waals surface area contributed by atoms with Crippen molar-refractivity contribution in [2.24, 2.45) is 5.92 Å². The smallest absolute Gasteiger partial charge is 0.271 e. The number of rotatable bonds is 4. The van der Waals surface area contributed by atoms with Gasteiger partial charge in [-0.15, -0.1) is 0 Å². The number of para-hydroxylation sites is 1. The van der Waals surface area contributed by atoms with Crippen molar-refractivity contribution in [2.75, 3.05) is 19.6 Å². The van der Waals surface area contributed by atoms with E-state index in [2.05, 4.69) is 20.2 Å². The van der Waals surface area contributed by atoms with Crippen LogP contribution in [0.25, 0.3) is 0 Å². The first-order valence-electron chi connectivity index (χ1n) is 10.3. The lowest BCUT2D eigenvalue weighted by Gasteiger charge is -2.47. The normalized spacial score (nSPS) is 23.6. The lowest BCUT2D eigenvalue weighted by atomic mass is 9.80. The minimum absolute atomic E-state index is 0.0746. The fraction of sp³-hybridized carbons (Fsp3) is 0.500. The van der Waals surface area contributed by atoms with E-state index in [4.69, 9.17) is 4.74 Å². The van der Waals surface area contributed by atoms with E-state index < -0.39 is 0 Å². The Bertz CT molecular complexity index is 845. The van der Waals surface area contributed by atoms with E-state index in [0.29, 0.717) is 5.69 Å². The second-order valence-corrected chi connectivity index (χ2v) is 8.39. The molecule has 5 rings (SSSR count). The third-order valence-corrected chi connectivity index (χ3v) is 6.28. The molecule has 1 aromatic heterocycles. The lowest BCUT2D eigenvalue weighted by Crippen LogP contribution is -2.52. The molecule has 0 radical (unpaired) electrons. The van der Waals surface area contributed by atoms with Crippen LogP contribution < -0.4 is 10.1 Å². The van der Waals surface area contributed by atoms with Crippen molar-refractivity contribution in [3.63, 3.8) is 0 Å². The number of piperidine rings is 1. The molecule has 1 aliphatic carbocycles. The SMILES string of the molecule is O=C(N[C@H]1CC2(CCN(CC3CC3)CC2)Oc2ccccc21)c1cnccn1. The topological polar surface area (TPSA) is 67.4 Å². The zero-order valence-corrected chi connectivity index (χ0v) is 16.0. The van der Waals surface area contributed by atoms with Gasteiger partial charge in [0.1, 0.15) is 17.0 Å². The van der Waals surface area contributed by atoms with E-state index in [1.165, 1.54) is 25.6 Å². The van der Waals surface area contributed by atoms with E-state index in [9.17, 15) is 4.79 Å². The summed E-state index contributed by atoms with van der Waals surface area (Å²) in [6.07, 6.45) is 10.2. The molecular weight excluding hydrogens is 352 g/mol. The molecule has 2 aromatic rings. The molecule has 1 aromatic carbocycles. The highest BCUT2D eigenvalue weighted by Crippen LogP contribution is 2.44. The Morgan fingerprint density at radius 1 is 1.21 bits per heavy atom. The molecule has 2 fully saturated rings. The van der Waals surface area contributed by atoms with E-state index in [-0.39, 0.29) is 17.6 Å². The molecule has 3 heterocycles. The predicted molar refractivity (Wildman–Crippen MR) is 105 cm³/mol. The summed E-state index contributed by atoms with van der Waals surface area (Å²) in [6, 6.07) is 8.00. The summed E-state index contributed by atoms with van der Waals surface area (Å²) >= 11 is 0. The Hall–Kier alpha value is -2.47. The summed E-state index contributed by atoms with van der Waals surface area (Å²) < 4.78 is 6.54. The number of benzene rings is 1. The van der Waals surface area contributed by atoms with Crippen LogP contribution in [0.5, 0.6) is 5.75 Å². The van der Waals surface area contributed by atoms with Crippen molar-refractivity contribution in [3.05, 3.63) is 54.1 Å². The largest absolute Gasteiger partial charge is 0.487 e. The van der Waals surface area contributed by atoms with Gasteiger partial charge in [-0.05, 0) is 37.7 Å². The van der Waals surface area contributed by atoms with Crippen LogP contribution in [0.3, 0.4) is 0 Å². The lowest BCUT2D eigenvalue weighted by molar-refractivity contribution is -0.0254. The molecule has 3 aliphatic rings. The Morgan fingerprint density at radius 3 is 2.79 bits per heavy atom. The Morgan fingerprint density at radius 2 is 2.04 bits per heavy atom. The first kappa shape index (κ1) is 17.6. The highest BCUT2D eigenvalue weighted by atomic mass is 16.5. The molecule has 1 amide bonds. The summed E-state index contributed by atoms with van der Waals surface area (Å²) in [6.45, 7) is 3.38. The van der Waals surface area contributed by atoms with E-state index in [1.807, 2.05) is 24.3 Å². The van der Waals surface area contributed by atoms with E-state index in [0.717, 1.165) is 49.6 Å². The molecule has 1 N–H and O–H groups in total. The first-order chi connectivity index (χ1) is 13.7. The van der Waals surface area contributed by atoms with Crippen LogP contribution in [0.15, 0.2) is 42.9 Å². The maximum absolute atomic E-state index is 12.7. The van der Waals surface area contributed by atoms with Crippen LogP contribution in [0.1, 0.15) is 54.2 Å². The summed E-state index contributed by atoms with van der Waals surface area (Å²) in [7, 11) is 0. The molecule has 6 nitrogen and oxygen atoms in total. The number of nitrogens with zero attached hydrogens (tertiary/aromatic N) is 3. The van der Waals surface area contributed by atoms with Gasteiger partial charge in [-0.25, -0.2) is 4.98 Å². The van der Waals surface area contributed by atoms with Crippen LogP contribution in [0.4, 0.5) is 0 Å². The van der Waals surface area contributed by atoms with Crippen LogP contribution in [-0.4, -0.2) is 46.0 Å². The van der Waals surface area contributed by atoms with Crippen molar-refractivity contribution >= 4 is 5.91 Å². The van der Waals surface area contributed by atoms with Gasteiger partial charge in [-0.2, -0.15) is 0 Å². The fourth-order valence-electron chi connectivity index (χ4n) is 4.51. The average molecular weight is 378 g/mol. The first-order valence-corrected chi connectivity index (χ1v) is 10.3. The van der Waals surface area contributed by atoms with Gasteiger partial charge in [0.2, 0.25) is 0 Å². The summed E-state index contributed by atoms with van der Waals surface area (Å²) in [5, 5.41) is 3.18. The van der Waals surface area contributed by atoms with Gasteiger partial charge in [-0.1, -0.05) is 18.2 Å². The average Bonchev–Trinajstić information content (AvgIpc) is 3.55. The highest BCUT2D eigenvalue weighted by Gasteiger charge is 2.44. The number of aromatic nitrogens is 2. The Balaban J connectivity index is 1.34. The maximum Gasteiger partial charge on any atom is 0.271 e. The molecule has 28 heavy (non-hydrogen) atoms. The molecule has 1 spiro atoms. The second-order valence-electron chi connectivity index (χ2n) is 8.39. The summed E-state index contributed by atoms with van der Waals surface area (Å²) in [5.74, 6) is 1.63. The van der Waals surface area contributed by atoms with Crippen molar-refractivity contribution in [3.8, 4) is 5.75 Å². The summed E-state index contributed by atoms with van der Waals surface area (Å²) in [4.78, 5) is 23.4. The number of ether oxygens (including phenoxy) is 1. The van der Waals surface area contributed by atoms with Gasteiger partial charge < -0.3 is 15.0 Å². The zero-order chi connectivity index (χ0) is 19.0. The van der Waals surface area contributed by atoms with Gasteiger partial charge in [0.25, 0.3) is 5.91 Å². The van der Waals surface area contributed by atoms with Gasteiger partial charge in [0.05, 0.1) is 12.2 Å². The van der Waals surface area contributed by atoms with Crippen LogP contribution in [0.2, 0.25) is 0 Å². The van der Waals surface area contributed by atoms with Gasteiger partial charge >= 0.3 is 0 Å². The third-order valence-electron chi connectivity index (χ3n) is 6.28. The molecule has 146 valence electrons. The van der Waals surface area contributed by atoms with Crippen molar-refractivity contribution < 1.29 is 9.53 Å². The standard InChI is InChI=1S/C22H26N4O2/c27-21(19-14-23-9-10-24-19)25-18-13-22(28-20-4-2-1-3-17(18)20)7-11-26(12-8-22)15-16-5-6-16/h1-4,9-10,14,16,18H,5-8,11-13,15H2,(H,25,27)/t18-/m0/s1. The van der Waals surface area contributed by atoms with Gasteiger partial charge in [0, 0.05) is 44.0 Å². The van der Waals surface area contributed by atoms with Crippen LogP contribution >= 0.6 is 0 Å². The number of hydrogen-bond donors (Lipinski definition) is 1. The molecule has 2 aliphatic heterocycles. The van der Waals surface area contributed by atoms with Crippen molar-refractivity contribution in [1.82, 2.24) is 20.2 Å². The van der Waals surface area contributed by atoms with Crippen LogP contribution in [-0.2, 0) is 0 Å². The number of nitrogens with one attached hydrogen (secondary N) is 1. The molecule has 1 saturated carbocycles. The summed E-state index contributed by atoms with van der Waals surface area (Å²) in [5.41, 5.74) is 1.19. The number of fused-ring (bicyclic) bond motifs is 1.